The van der Waals surface area contributed by atoms with Crippen LogP contribution in [0.15, 0.2) is 24.3 Å². The van der Waals surface area contributed by atoms with E-state index in [0.717, 1.165) is 0 Å². The molecule has 1 aromatic rings. The monoisotopic (exact) mass is 190 g/mol. The van der Waals surface area contributed by atoms with Crippen molar-refractivity contribution in [1.29, 1.82) is 0 Å². The molecule has 0 aromatic heterocycles. The largest absolute Gasteiger partial charge is 0.366 e. The number of nitro benzene ring substituents is 1. The molecule has 4 nitrogen and oxygen atoms in total. The second kappa shape index (κ2) is 4.28. The molecule has 4 heteroatoms. The van der Waals surface area contributed by atoms with E-state index >= 15 is 0 Å². The molecular weight excluding hydrogens is 180 g/mol. The fourth-order valence-electron chi connectivity index (χ4n) is 1.03. The summed E-state index contributed by atoms with van der Waals surface area (Å²) in [5.74, 6) is 2.45. The Bertz CT molecular complexity index is 382. The molecule has 1 aromatic carbocycles. The Hall–Kier alpha value is -2.02. The normalized spacial score (nSPS) is 11.4. The maximum Gasteiger partial charge on any atom is 0.292 e. The lowest BCUT2D eigenvalue weighted by atomic mass is 10.2. The zero-order valence-corrected chi connectivity index (χ0v) is 7.73. The van der Waals surface area contributed by atoms with Crippen molar-refractivity contribution in [3.05, 3.63) is 34.4 Å². The quantitative estimate of drug-likeness (QED) is 0.450. The van der Waals surface area contributed by atoms with Crippen molar-refractivity contribution in [2.24, 2.45) is 0 Å². The van der Waals surface area contributed by atoms with E-state index in [1.807, 2.05) is 0 Å². The lowest BCUT2D eigenvalue weighted by Gasteiger charge is -2.08. The van der Waals surface area contributed by atoms with Crippen molar-refractivity contribution in [2.75, 3.05) is 5.32 Å². The lowest BCUT2D eigenvalue weighted by Crippen LogP contribution is -2.13. The van der Waals surface area contributed by atoms with Gasteiger partial charge < -0.3 is 5.32 Å². The highest BCUT2D eigenvalue weighted by Gasteiger charge is 2.12. The molecule has 1 rings (SSSR count). The molecule has 0 aliphatic heterocycles. The van der Waals surface area contributed by atoms with Gasteiger partial charge in [-0.15, -0.1) is 6.42 Å². The Morgan fingerprint density at radius 3 is 2.79 bits per heavy atom. The summed E-state index contributed by atoms with van der Waals surface area (Å²) >= 11 is 0. The predicted octanol–water partition coefficient (Wildman–Crippen LogP) is 2.03. The van der Waals surface area contributed by atoms with Crippen LogP contribution in [0.4, 0.5) is 11.4 Å². The van der Waals surface area contributed by atoms with Gasteiger partial charge >= 0.3 is 0 Å². The smallest absolute Gasteiger partial charge is 0.292 e. The maximum atomic E-state index is 10.6. The van der Waals surface area contributed by atoms with Gasteiger partial charge in [-0.2, -0.15) is 0 Å². The minimum atomic E-state index is -0.439. The molecular formula is C10H10N2O2. The van der Waals surface area contributed by atoms with Gasteiger partial charge in [0.1, 0.15) is 5.69 Å². The molecule has 0 amide bonds. The van der Waals surface area contributed by atoms with Gasteiger partial charge in [0.15, 0.2) is 0 Å². The number of benzene rings is 1. The van der Waals surface area contributed by atoms with Crippen LogP contribution in [0.5, 0.6) is 0 Å². The Morgan fingerprint density at radius 2 is 2.21 bits per heavy atom. The number of nitrogens with zero attached hydrogens (tertiary/aromatic N) is 1. The van der Waals surface area contributed by atoms with Crippen molar-refractivity contribution < 1.29 is 4.92 Å². The SMILES string of the molecule is C#CC(C)Nc1ccccc1[N+](=O)[O-]. The molecule has 0 aliphatic carbocycles. The van der Waals surface area contributed by atoms with E-state index in [2.05, 4.69) is 11.2 Å². The molecule has 0 spiro atoms. The lowest BCUT2D eigenvalue weighted by molar-refractivity contribution is -0.384. The summed E-state index contributed by atoms with van der Waals surface area (Å²) in [5.41, 5.74) is 0.484. The summed E-state index contributed by atoms with van der Waals surface area (Å²) in [6, 6.07) is 6.18. The van der Waals surface area contributed by atoms with Crippen LogP contribution in [-0.2, 0) is 0 Å². The third-order valence-electron chi connectivity index (χ3n) is 1.72. The minimum absolute atomic E-state index is 0.0367. The second-order valence-corrected chi connectivity index (χ2v) is 2.81. The summed E-state index contributed by atoms with van der Waals surface area (Å²) in [6.45, 7) is 1.76. The first-order valence-corrected chi connectivity index (χ1v) is 4.11. The highest BCUT2D eigenvalue weighted by Crippen LogP contribution is 2.23. The van der Waals surface area contributed by atoms with E-state index in [9.17, 15) is 10.1 Å². The van der Waals surface area contributed by atoms with Gasteiger partial charge in [-0.25, -0.2) is 0 Å². The number of rotatable bonds is 3. The van der Waals surface area contributed by atoms with E-state index in [1.54, 1.807) is 25.1 Å². The van der Waals surface area contributed by atoms with Gasteiger partial charge in [0.2, 0.25) is 0 Å². The Kier molecular flexibility index (Phi) is 3.08. The first-order chi connectivity index (χ1) is 6.65. The number of nitro groups is 1. The zero-order valence-electron chi connectivity index (χ0n) is 7.73. The van der Waals surface area contributed by atoms with Gasteiger partial charge in [-0.05, 0) is 13.0 Å². The fraction of sp³-hybridized carbons (Fsp3) is 0.200. The number of hydrogen-bond acceptors (Lipinski definition) is 3. The van der Waals surface area contributed by atoms with Gasteiger partial charge in [-0.1, -0.05) is 18.1 Å². The number of hydrogen-bond donors (Lipinski definition) is 1. The van der Waals surface area contributed by atoms with E-state index in [-0.39, 0.29) is 11.7 Å². The number of para-hydroxylation sites is 2. The average Bonchev–Trinajstić information content (AvgIpc) is 2.18. The summed E-state index contributed by atoms with van der Waals surface area (Å²) in [7, 11) is 0. The molecule has 0 radical (unpaired) electrons. The Balaban J connectivity index is 2.97. The first kappa shape index (κ1) is 10.1. The molecule has 14 heavy (non-hydrogen) atoms. The van der Waals surface area contributed by atoms with Crippen LogP contribution in [0.1, 0.15) is 6.92 Å². The highest BCUT2D eigenvalue weighted by molar-refractivity contribution is 5.62. The summed E-state index contributed by atoms with van der Waals surface area (Å²) in [4.78, 5) is 10.2. The second-order valence-electron chi connectivity index (χ2n) is 2.81. The topological polar surface area (TPSA) is 55.2 Å². The van der Waals surface area contributed by atoms with Crippen molar-refractivity contribution >= 4 is 11.4 Å². The van der Waals surface area contributed by atoms with Crippen LogP contribution in [-0.4, -0.2) is 11.0 Å². The molecule has 0 fully saturated rings. The molecule has 72 valence electrons. The van der Waals surface area contributed by atoms with Crippen LogP contribution >= 0.6 is 0 Å². The third-order valence-corrected chi connectivity index (χ3v) is 1.72. The number of nitrogens with one attached hydrogen (secondary N) is 1. The Labute approximate surface area is 82.1 Å². The van der Waals surface area contributed by atoms with E-state index in [1.165, 1.54) is 6.07 Å². The van der Waals surface area contributed by atoms with Crippen molar-refractivity contribution in [3.8, 4) is 12.3 Å². The third kappa shape index (κ3) is 2.23. The standard InChI is InChI=1S/C10H10N2O2/c1-3-8(2)11-9-6-4-5-7-10(9)12(13)14/h1,4-8,11H,2H3. The van der Waals surface area contributed by atoms with Crippen LogP contribution in [0.3, 0.4) is 0 Å². The minimum Gasteiger partial charge on any atom is -0.366 e. The van der Waals surface area contributed by atoms with Gasteiger partial charge in [-0.3, -0.25) is 10.1 Å². The zero-order chi connectivity index (χ0) is 10.6. The Morgan fingerprint density at radius 1 is 1.57 bits per heavy atom. The molecule has 1 atom stereocenters. The number of anilines is 1. The highest BCUT2D eigenvalue weighted by atomic mass is 16.6. The molecule has 1 N–H and O–H groups in total. The van der Waals surface area contributed by atoms with Crippen LogP contribution < -0.4 is 5.32 Å². The van der Waals surface area contributed by atoms with Crippen LogP contribution in [0.25, 0.3) is 0 Å². The van der Waals surface area contributed by atoms with E-state index in [4.69, 9.17) is 6.42 Å². The van der Waals surface area contributed by atoms with Crippen molar-refractivity contribution in [3.63, 3.8) is 0 Å². The summed E-state index contributed by atoms with van der Waals surface area (Å²) in [6.07, 6.45) is 5.16. The number of terminal acetylenes is 1. The maximum absolute atomic E-state index is 10.6. The molecule has 0 saturated carbocycles. The van der Waals surface area contributed by atoms with E-state index in [0.29, 0.717) is 5.69 Å². The van der Waals surface area contributed by atoms with Gasteiger partial charge in [0, 0.05) is 6.07 Å². The van der Waals surface area contributed by atoms with Crippen molar-refractivity contribution in [1.82, 2.24) is 0 Å². The molecule has 0 aliphatic rings. The average molecular weight is 190 g/mol. The molecule has 0 bridgehead atoms. The molecule has 0 heterocycles. The fourth-order valence-corrected chi connectivity index (χ4v) is 1.03. The predicted molar refractivity (Wildman–Crippen MR) is 55.0 cm³/mol. The molecule has 1 unspecified atom stereocenters. The van der Waals surface area contributed by atoms with Gasteiger partial charge in [0.25, 0.3) is 5.69 Å². The van der Waals surface area contributed by atoms with Gasteiger partial charge in [0.05, 0.1) is 11.0 Å². The molecule has 0 saturated heterocycles. The summed E-state index contributed by atoms with van der Waals surface area (Å²) < 4.78 is 0. The van der Waals surface area contributed by atoms with E-state index < -0.39 is 4.92 Å². The first-order valence-electron chi connectivity index (χ1n) is 4.11. The van der Waals surface area contributed by atoms with Crippen molar-refractivity contribution in [2.45, 2.75) is 13.0 Å². The van der Waals surface area contributed by atoms with Crippen LogP contribution in [0, 0.1) is 22.5 Å². The van der Waals surface area contributed by atoms with Crippen LogP contribution in [0.2, 0.25) is 0 Å². The summed E-state index contributed by atoms with van der Waals surface area (Å²) in [5, 5.41) is 13.5.